The van der Waals surface area contributed by atoms with Crippen molar-refractivity contribution in [2.45, 2.75) is 12.8 Å². The number of hydrogen-bond donors (Lipinski definition) is 3. The molecule has 0 aliphatic rings. The predicted octanol–water partition coefficient (Wildman–Crippen LogP) is 3.32. The van der Waals surface area contributed by atoms with Gasteiger partial charge in [0.25, 0.3) is 0 Å². The Morgan fingerprint density at radius 2 is 1.90 bits per heavy atom. The molecule has 0 radical (unpaired) electrons. The summed E-state index contributed by atoms with van der Waals surface area (Å²) in [5.41, 5.74) is 3.15. The summed E-state index contributed by atoms with van der Waals surface area (Å²) in [6, 6.07) is 12.4. The molecule has 0 spiro atoms. The van der Waals surface area contributed by atoms with Crippen LogP contribution in [-0.4, -0.2) is 40.1 Å². The van der Waals surface area contributed by atoms with Gasteiger partial charge in [-0.3, -0.25) is 9.78 Å². The number of hydrogen-bond acceptors (Lipinski definition) is 6. The number of halogens is 1. The van der Waals surface area contributed by atoms with E-state index in [1.165, 1.54) is 0 Å². The Kier molecular flexibility index (Phi) is 5.34. The number of fused-ring (bicyclic) bond motifs is 2. The van der Waals surface area contributed by atoms with Crippen LogP contribution in [0, 0.1) is 0 Å². The fraction of sp³-hybridized carbons (Fsp3) is 0.182. The lowest BCUT2D eigenvalue weighted by Gasteiger charge is -2.23. The van der Waals surface area contributed by atoms with E-state index in [1.807, 2.05) is 43.3 Å². The average molecular weight is 425 g/mol. The van der Waals surface area contributed by atoms with E-state index in [0.29, 0.717) is 32.5 Å². The molecule has 3 N–H and O–H groups in total. The van der Waals surface area contributed by atoms with Crippen molar-refractivity contribution in [3.63, 3.8) is 0 Å². The first-order chi connectivity index (χ1) is 14.4. The van der Waals surface area contributed by atoms with E-state index in [9.17, 15) is 15.0 Å². The number of rotatable bonds is 5. The lowest BCUT2D eigenvalue weighted by atomic mass is 10.1. The van der Waals surface area contributed by atoms with Crippen LogP contribution in [-0.2, 0) is 6.54 Å². The lowest BCUT2D eigenvalue weighted by molar-refractivity contribution is -0.0498. The zero-order chi connectivity index (χ0) is 21.4. The van der Waals surface area contributed by atoms with Crippen molar-refractivity contribution >= 4 is 50.5 Å². The number of pyridine rings is 2. The molecule has 7 nitrogen and oxygen atoms in total. The maximum atomic E-state index is 13.3. The van der Waals surface area contributed by atoms with Crippen molar-refractivity contribution in [2.75, 3.05) is 24.3 Å². The summed E-state index contributed by atoms with van der Waals surface area (Å²) < 4.78 is 1.73. The van der Waals surface area contributed by atoms with Gasteiger partial charge in [-0.15, -0.1) is 0 Å². The molecule has 0 atom stereocenters. The van der Waals surface area contributed by atoms with Crippen LogP contribution in [0.2, 0.25) is 5.02 Å². The van der Waals surface area contributed by atoms with E-state index in [2.05, 4.69) is 10.3 Å². The summed E-state index contributed by atoms with van der Waals surface area (Å²) >= 11 is 6.45. The van der Waals surface area contributed by atoms with Gasteiger partial charge in [-0.2, -0.15) is 0 Å². The summed E-state index contributed by atoms with van der Waals surface area (Å²) in [4.78, 5) is 19.2. The molecule has 8 heteroatoms. The molecule has 0 bridgehead atoms. The highest BCUT2D eigenvalue weighted by Crippen LogP contribution is 2.34. The van der Waals surface area contributed by atoms with Crippen molar-refractivity contribution in [1.29, 1.82) is 0 Å². The highest BCUT2D eigenvalue weighted by Gasteiger charge is 2.19. The second-order valence-electron chi connectivity index (χ2n) is 7.21. The molecule has 0 aliphatic heterocycles. The topological polar surface area (TPSA) is 90.6 Å². The summed E-state index contributed by atoms with van der Waals surface area (Å²) in [7, 11) is 3.66. The Morgan fingerprint density at radius 3 is 2.57 bits per heavy atom. The third-order valence-corrected chi connectivity index (χ3v) is 5.20. The first-order valence-corrected chi connectivity index (χ1v) is 9.74. The minimum absolute atomic E-state index is 0.120. The van der Waals surface area contributed by atoms with Crippen LogP contribution in [0.3, 0.4) is 0 Å². The molecule has 2 heterocycles. The molecule has 154 valence electrons. The fourth-order valence-corrected chi connectivity index (χ4v) is 4.01. The maximum absolute atomic E-state index is 13.3. The van der Waals surface area contributed by atoms with Gasteiger partial charge in [0.1, 0.15) is 0 Å². The summed E-state index contributed by atoms with van der Waals surface area (Å²) in [6.45, 7) is -0.120. The molecule has 0 aliphatic carbocycles. The Hall–Kier alpha value is -3.13. The average Bonchev–Trinajstić information content (AvgIpc) is 2.71. The second-order valence-corrected chi connectivity index (χ2v) is 7.61. The second kappa shape index (κ2) is 7.95. The van der Waals surface area contributed by atoms with Gasteiger partial charge in [0.2, 0.25) is 0 Å². The third kappa shape index (κ3) is 3.59. The van der Waals surface area contributed by atoms with Crippen molar-refractivity contribution in [3.05, 3.63) is 70.1 Å². The number of nitrogens with zero attached hydrogens (tertiary/aromatic N) is 3. The van der Waals surface area contributed by atoms with E-state index < -0.39 is 6.29 Å². The van der Waals surface area contributed by atoms with Gasteiger partial charge in [-0.25, -0.2) is 0 Å². The lowest BCUT2D eigenvalue weighted by Crippen LogP contribution is -2.21. The highest BCUT2D eigenvalue weighted by molar-refractivity contribution is 6.35. The number of anilines is 3. The van der Waals surface area contributed by atoms with Gasteiger partial charge in [0.05, 0.1) is 40.2 Å². The third-order valence-electron chi connectivity index (χ3n) is 4.89. The largest absolute Gasteiger partial charge is 0.375 e. The predicted molar refractivity (Wildman–Crippen MR) is 121 cm³/mol. The van der Waals surface area contributed by atoms with Crippen molar-refractivity contribution in [2.24, 2.45) is 0 Å². The summed E-state index contributed by atoms with van der Waals surface area (Å²) in [6.07, 6.45) is 1.77. The van der Waals surface area contributed by atoms with Gasteiger partial charge < -0.3 is 25.0 Å². The molecule has 4 rings (SSSR count). The number of nitrogens with one attached hydrogen (secondary N) is 1. The van der Waals surface area contributed by atoms with Crippen LogP contribution in [0.15, 0.2) is 59.7 Å². The summed E-state index contributed by atoms with van der Waals surface area (Å²) in [5.74, 6) is 0. The van der Waals surface area contributed by atoms with Gasteiger partial charge in [0.15, 0.2) is 11.7 Å². The van der Waals surface area contributed by atoms with Crippen molar-refractivity contribution < 1.29 is 10.2 Å². The normalized spacial score (nSPS) is 11.4. The van der Waals surface area contributed by atoms with Crippen LogP contribution in [0.1, 0.15) is 0 Å². The molecule has 0 unspecified atom stereocenters. The summed E-state index contributed by atoms with van der Waals surface area (Å²) in [5, 5.41) is 24.2. The Morgan fingerprint density at radius 1 is 1.13 bits per heavy atom. The van der Waals surface area contributed by atoms with E-state index >= 15 is 0 Å². The highest BCUT2D eigenvalue weighted by atomic mass is 35.5. The fourth-order valence-electron chi connectivity index (χ4n) is 3.68. The SMILES string of the molecule is CN(C)c1c(Cl)ccc2c(=O)c3ccc(Nc4cccnc4)cc3n(CC(O)O)c12. The van der Waals surface area contributed by atoms with E-state index in [4.69, 9.17) is 11.6 Å². The van der Waals surface area contributed by atoms with Crippen molar-refractivity contribution in [1.82, 2.24) is 9.55 Å². The molecular formula is C22H21ClN4O3. The van der Waals surface area contributed by atoms with Crippen LogP contribution < -0.4 is 15.6 Å². The van der Waals surface area contributed by atoms with Crippen LogP contribution in [0.5, 0.6) is 0 Å². The smallest absolute Gasteiger partial charge is 0.197 e. The molecule has 4 aromatic rings. The number of aliphatic hydroxyl groups excluding tert-OH is 1. The zero-order valence-electron chi connectivity index (χ0n) is 16.5. The minimum atomic E-state index is -1.61. The number of aromatic nitrogens is 2. The molecule has 2 aromatic heterocycles. The van der Waals surface area contributed by atoms with Gasteiger partial charge in [-0.05, 0) is 42.5 Å². The molecule has 0 fully saturated rings. The number of aliphatic hydroxyl groups is 2. The van der Waals surface area contributed by atoms with Gasteiger partial charge >= 0.3 is 0 Å². The Labute approximate surface area is 177 Å². The molecule has 0 saturated carbocycles. The van der Waals surface area contributed by atoms with Crippen molar-refractivity contribution in [3.8, 4) is 0 Å². The first kappa shape index (κ1) is 20.2. The van der Waals surface area contributed by atoms with Gasteiger partial charge in [-0.1, -0.05) is 11.6 Å². The molecule has 30 heavy (non-hydrogen) atoms. The molecule has 0 amide bonds. The van der Waals surface area contributed by atoms with E-state index in [0.717, 1.165) is 11.4 Å². The van der Waals surface area contributed by atoms with E-state index in [-0.39, 0.29) is 12.0 Å². The maximum Gasteiger partial charge on any atom is 0.197 e. The van der Waals surface area contributed by atoms with Crippen LogP contribution in [0.4, 0.5) is 17.1 Å². The van der Waals surface area contributed by atoms with E-state index in [1.54, 1.807) is 35.2 Å². The zero-order valence-corrected chi connectivity index (χ0v) is 17.3. The quantitative estimate of drug-likeness (QED) is 0.336. The molecule has 2 aromatic carbocycles. The Balaban J connectivity index is 2.06. The molecular weight excluding hydrogens is 404 g/mol. The molecule has 0 saturated heterocycles. The first-order valence-electron chi connectivity index (χ1n) is 9.36. The van der Waals surface area contributed by atoms with Gasteiger partial charge in [0, 0.05) is 36.8 Å². The number of benzene rings is 2. The minimum Gasteiger partial charge on any atom is -0.375 e. The van der Waals surface area contributed by atoms with Crippen LogP contribution in [0.25, 0.3) is 21.8 Å². The Bertz CT molecular complexity index is 1290. The van der Waals surface area contributed by atoms with Crippen LogP contribution >= 0.6 is 11.6 Å². The monoisotopic (exact) mass is 424 g/mol. The standard InChI is InChI=1S/C22H21ClN4O3/c1-26(2)21-17(23)8-7-16-20(21)27(12-19(28)29)18-10-13(5-6-15(18)22(16)30)25-14-4-3-9-24-11-14/h3-11,19,25,28-29H,12H2,1-2H3.